The van der Waals surface area contributed by atoms with Gasteiger partial charge in [0, 0.05) is 5.56 Å². The van der Waals surface area contributed by atoms with Crippen molar-refractivity contribution in [2.75, 3.05) is 0 Å². The van der Waals surface area contributed by atoms with E-state index < -0.39 is 0 Å². The van der Waals surface area contributed by atoms with Crippen molar-refractivity contribution in [3.05, 3.63) is 76.9 Å². The van der Waals surface area contributed by atoms with Crippen LogP contribution in [0.4, 0.5) is 0 Å². The number of aryl methyl sites for hydroxylation is 1. The van der Waals surface area contributed by atoms with E-state index in [1.54, 1.807) is 30.3 Å². The molecular formula is C17H13NO. The van der Waals surface area contributed by atoms with E-state index in [0.29, 0.717) is 5.56 Å². The van der Waals surface area contributed by atoms with Crippen LogP contribution in [-0.2, 0) is 0 Å². The summed E-state index contributed by atoms with van der Waals surface area (Å²) in [5, 5.41) is 9.13. The number of nitrogens with zero attached hydrogens (tertiary/aromatic N) is 1. The zero-order valence-electron chi connectivity index (χ0n) is 10.6. The van der Waals surface area contributed by atoms with E-state index in [2.05, 4.69) is 0 Å². The molecule has 0 fully saturated rings. The molecule has 0 aromatic heterocycles. The van der Waals surface area contributed by atoms with Crippen molar-refractivity contribution in [1.29, 1.82) is 5.26 Å². The molecule has 0 radical (unpaired) electrons. The predicted molar refractivity (Wildman–Crippen MR) is 75.5 cm³/mol. The quantitative estimate of drug-likeness (QED) is 0.470. The van der Waals surface area contributed by atoms with Crippen molar-refractivity contribution in [3.63, 3.8) is 0 Å². The molecule has 0 amide bonds. The van der Waals surface area contributed by atoms with Crippen LogP contribution in [0, 0.1) is 18.3 Å². The largest absolute Gasteiger partial charge is 0.288 e. The molecule has 2 heteroatoms. The van der Waals surface area contributed by atoms with Gasteiger partial charge in [0.05, 0.1) is 0 Å². The van der Waals surface area contributed by atoms with Gasteiger partial charge in [-0.05, 0) is 18.6 Å². The fraction of sp³-hybridized carbons (Fsp3) is 0.0588. The number of hydrogen-bond donors (Lipinski definition) is 0. The highest BCUT2D eigenvalue weighted by atomic mass is 16.1. The molecule has 0 aliphatic rings. The second-order valence-corrected chi connectivity index (χ2v) is 4.28. The molecule has 2 rings (SSSR count). The molecule has 2 aromatic rings. The summed E-state index contributed by atoms with van der Waals surface area (Å²) >= 11 is 0. The van der Waals surface area contributed by atoms with Crippen LogP contribution in [0.5, 0.6) is 0 Å². The van der Waals surface area contributed by atoms with Crippen molar-refractivity contribution in [1.82, 2.24) is 0 Å². The van der Waals surface area contributed by atoms with E-state index in [1.807, 2.05) is 43.3 Å². The zero-order valence-corrected chi connectivity index (χ0v) is 10.6. The maximum absolute atomic E-state index is 12.2. The van der Waals surface area contributed by atoms with Gasteiger partial charge < -0.3 is 0 Å². The molecule has 92 valence electrons. The minimum atomic E-state index is -0.247. The minimum Gasteiger partial charge on any atom is -0.288 e. The van der Waals surface area contributed by atoms with Crippen molar-refractivity contribution in [2.24, 2.45) is 0 Å². The first-order valence-electron chi connectivity index (χ1n) is 5.99. The molecule has 0 aliphatic carbocycles. The van der Waals surface area contributed by atoms with Crippen LogP contribution < -0.4 is 0 Å². The van der Waals surface area contributed by atoms with E-state index in [0.717, 1.165) is 11.1 Å². The molecule has 2 aromatic carbocycles. The van der Waals surface area contributed by atoms with Crippen molar-refractivity contribution in [2.45, 2.75) is 6.92 Å². The maximum Gasteiger partial charge on any atom is 0.203 e. The fourth-order valence-corrected chi connectivity index (χ4v) is 1.72. The van der Waals surface area contributed by atoms with Crippen LogP contribution in [0.25, 0.3) is 6.08 Å². The first-order valence-corrected chi connectivity index (χ1v) is 5.99. The number of benzene rings is 2. The van der Waals surface area contributed by atoms with E-state index in [1.165, 1.54) is 0 Å². The Hall–Kier alpha value is -2.66. The molecule has 0 saturated heterocycles. The van der Waals surface area contributed by atoms with Crippen LogP contribution in [0.15, 0.2) is 60.2 Å². The van der Waals surface area contributed by atoms with Crippen molar-refractivity contribution < 1.29 is 4.79 Å². The Kier molecular flexibility index (Phi) is 3.90. The van der Waals surface area contributed by atoms with Gasteiger partial charge in [-0.3, -0.25) is 4.79 Å². The van der Waals surface area contributed by atoms with Gasteiger partial charge in [0.2, 0.25) is 5.78 Å². The summed E-state index contributed by atoms with van der Waals surface area (Å²) < 4.78 is 0. The Morgan fingerprint density at radius 1 is 1.05 bits per heavy atom. The fourth-order valence-electron chi connectivity index (χ4n) is 1.72. The summed E-state index contributed by atoms with van der Waals surface area (Å²) in [6, 6.07) is 18.5. The Balaban J connectivity index is 2.33. The average molecular weight is 247 g/mol. The highest BCUT2D eigenvalue weighted by molar-refractivity contribution is 6.13. The minimum absolute atomic E-state index is 0.148. The number of ketones is 1. The summed E-state index contributed by atoms with van der Waals surface area (Å²) in [5.41, 5.74) is 2.67. The normalized spacial score (nSPS) is 10.8. The highest BCUT2D eigenvalue weighted by Crippen LogP contribution is 2.13. The highest BCUT2D eigenvalue weighted by Gasteiger charge is 2.11. The number of carbonyl (C=O) groups excluding carboxylic acids is 1. The molecule has 0 bridgehead atoms. The average Bonchev–Trinajstić information content (AvgIpc) is 2.47. The molecule has 0 unspecified atom stereocenters. The first-order chi connectivity index (χ1) is 9.20. The third-order valence-corrected chi connectivity index (χ3v) is 2.79. The van der Waals surface area contributed by atoms with Gasteiger partial charge in [-0.15, -0.1) is 0 Å². The van der Waals surface area contributed by atoms with Gasteiger partial charge in [0.15, 0.2) is 0 Å². The van der Waals surface area contributed by atoms with Gasteiger partial charge in [-0.25, -0.2) is 0 Å². The van der Waals surface area contributed by atoms with Gasteiger partial charge >= 0.3 is 0 Å². The maximum atomic E-state index is 12.2. The summed E-state index contributed by atoms with van der Waals surface area (Å²) in [7, 11) is 0. The lowest BCUT2D eigenvalue weighted by molar-refractivity contribution is 0.104. The van der Waals surface area contributed by atoms with Crippen LogP contribution in [0.2, 0.25) is 0 Å². The topological polar surface area (TPSA) is 40.9 Å². The van der Waals surface area contributed by atoms with Crippen molar-refractivity contribution >= 4 is 11.9 Å². The van der Waals surface area contributed by atoms with E-state index in [9.17, 15) is 4.79 Å². The Morgan fingerprint density at radius 3 is 2.26 bits per heavy atom. The number of allylic oxidation sites excluding steroid dienone is 1. The molecule has 0 heterocycles. The van der Waals surface area contributed by atoms with E-state index in [4.69, 9.17) is 5.26 Å². The van der Waals surface area contributed by atoms with Crippen molar-refractivity contribution in [3.8, 4) is 6.07 Å². The number of nitriles is 1. The molecule has 0 N–H and O–H groups in total. The zero-order chi connectivity index (χ0) is 13.7. The Labute approximate surface area is 112 Å². The SMILES string of the molecule is Cc1ccc(C=C(C#N)C(=O)c2ccccc2)cc1. The van der Waals surface area contributed by atoms with Gasteiger partial charge in [-0.2, -0.15) is 5.26 Å². The molecule has 0 saturated carbocycles. The number of carbonyl (C=O) groups is 1. The second-order valence-electron chi connectivity index (χ2n) is 4.28. The van der Waals surface area contributed by atoms with Crippen LogP contribution in [0.3, 0.4) is 0 Å². The smallest absolute Gasteiger partial charge is 0.203 e. The Morgan fingerprint density at radius 2 is 1.68 bits per heavy atom. The van der Waals surface area contributed by atoms with Gasteiger partial charge in [0.25, 0.3) is 0 Å². The molecular weight excluding hydrogens is 234 g/mol. The molecule has 0 atom stereocenters. The van der Waals surface area contributed by atoms with Crippen LogP contribution in [-0.4, -0.2) is 5.78 Å². The third-order valence-electron chi connectivity index (χ3n) is 2.79. The van der Waals surface area contributed by atoms with E-state index >= 15 is 0 Å². The van der Waals surface area contributed by atoms with Gasteiger partial charge in [0.1, 0.15) is 11.6 Å². The van der Waals surface area contributed by atoms with Gasteiger partial charge in [-0.1, -0.05) is 60.2 Å². The second kappa shape index (κ2) is 5.79. The molecule has 0 spiro atoms. The standard InChI is InChI=1S/C17H13NO/c1-13-7-9-14(10-8-13)11-16(12-18)17(19)15-5-3-2-4-6-15/h2-11H,1H3. The molecule has 0 aliphatic heterocycles. The predicted octanol–water partition coefficient (Wildman–Crippen LogP) is 3.78. The summed E-state index contributed by atoms with van der Waals surface area (Å²) in [6.45, 7) is 1.99. The van der Waals surface area contributed by atoms with Crippen LogP contribution in [0.1, 0.15) is 21.5 Å². The third kappa shape index (κ3) is 3.17. The van der Waals surface area contributed by atoms with Crippen LogP contribution >= 0.6 is 0 Å². The number of hydrogen-bond acceptors (Lipinski definition) is 2. The number of rotatable bonds is 3. The lowest BCUT2D eigenvalue weighted by atomic mass is 10.0. The number of Topliss-reactive ketones (excluding diaryl/α,β-unsaturated/α-hetero) is 1. The lowest BCUT2D eigenvalue weighted by Gasteiger charge is -2.00. The molecule has 19 heavy (non-hydrogen) atoms. The monoisotopic (exact) mass is 247 g/mol. The Bertz CT molecular complexity index is 646. The summed E-state index contributed by atoms with van der Waals surface area (Å²) in [5.74, 6) is -0.247. The summed E-state index contributed by atoms with van der Waals surface area (Å²) in [4.78, 5) is 12.2. The van der Waals surface area contributed by atoms with E-state index in [-0.39, 0.29) is 11.4 Å². The molecule has 2 nitrogen and oxygen atoms in total. The first kappa shape index (κ1) is 12.8. The lowest BCUT2D eigenvalue weighted by Crippen LogP contribution is -2.01. The summed E-state index contributed by atoms with van der Waals surface area (Å²) in [6.07, 6.45) is 1.62.